The first kappa shape index (κ1) is 14.3. The molecule has 0 atom stereocenters. The molecule has 0 aliphatic carbocycles. The second-order valence-electron chi connectivity index (χ2n) is 5.49. The van der Waals surface area contributed by atoms with E-state index >= 15 is 0 Å². The van der Waals surface area contributed by atoms with E-state index in [0.29, 0.717) is 0 Å². The third-order valence-corrected chi connectivity index (χ3v) is 3.95. The van der Waals surface area contributed by atoms with Crippen LogP contribution >= 0.6 is 0 Å². The second kappa shape index (κ2) is 5.63. The van der Waals surface area contributed by atoms with Crippen LogP contribution in [0.15, 0.2) is 35.4 Å². The molecule has 0 bridgehead atoms. The summed E-state index contributed by atoms with van der Waals surface area (Å²) in [6.07, 6.45) is 5.07. The number of hydrogen-bond acceptors (Lipinski definition) is 4. The summed E-state index contributed by atoms with van der Waals surface area (Å²) in [5.74, 6) is -0.372. The maximum Gasteiger partial charge on any atom is 0.255 e. The van der Waals surface area contributed by atoms with Gasteiger partial charge in [0.05, 0.1) is 24.1 Å². The van der Waals surface area contributed by atoms with Crippen LogP contribution in [0.2, 0.25) is 0 Å². The van der Waals surface area contributed by atoms with Gasteiger partial charge in [0.25, 0.3) is 5.56 Å². The lowest BCUT2D eigenvalue weighted by atomic mass is 10.1. The van der Waals surface area contributed by atoms with Crippen LogP contribution in [0.25, 0.3) is 5.69 Å². The van der Waals surface area contributed by atoms with Crippen molar-refractivity contribution in [3.05, 3.63) is 52.2 Å². The Kier molecular flexibility index (Phi) is 3.66. The van der Waals surface area contributed by atoms with E-state index in [-0.39, 0.29) is 18.0 Å². The molecular weight excluding hydrogens is 280 g/mol. The Hall–Kier alpha value is -2.63. The summed E-state index contributed by atoms with van der Waals surface area (Å²) in [7, 11) is 0. The fraction of sp³-hybridized carbons (Fsp3) is 0.312. The van der Waals surface area contributed by atoms with Gasteiger partial charge in [-0.1, -0.05) is 0 Å². The van der Waals surface area contributed by atoms with Crippen LogP contribution < -0.4 is 16.2 Å². The van der Waals surface area contributed by atoms with E-state index in [1.54, 1.807) is 23.0 Å². The quantitative estimate of drug-likeness (QED) is 0.908. The number of fused-ring (bicyclic) bond motifs is 1. The van der Waals surface area contributed by atoms with Crippen LogP contribution in [0, 0.1) is 6.92 Å². The normalized spacial score (nSPS) is 13.8. The number of nitrogens with zero attached hydrogens (tertiary/aromatic N) is 3. The molecular formula is C16H18N4O2. The lowest BCUT2D eigenvalue weighted by Crippen LogP contribution is -2.39. The van der Waals surface area contributed by atoms with Gasteiger partial charge in [0.2, 0.25) is 5.91 Å². The molecule has 22 heavy (non-hydrogen) atoms. The van der Waals surface area contributed by atoms with Gasteiger partial charge in [-0.15, -0.1) is 0 Å². The maximum absolute atomic E-state index is 12.4. The van der Waals surface area contributed by atoms with E-state index in [0.717, 1.165) is 42.0 Å². The van der Waals surface area contributed by atoms with Crippen LogP contribution in [0.5, 0.6) is 0 Å². The Morgan fingerprint density at radius 2 is 2.14 bits per heavy atom. The summed E-state index contributed by atoms with van der Waals surface area (Å²) < 4.78 is 1.70. The SMILES string of the molecule is Cc1ccncc1-n1c2c(ccc1=O)N(CC(N)=O)CCC2. The molecule has 6 heteroatoms. The minimum Gasteiger partial charge on any atom is -0.368 e. The summed E-state index contributed by atoms with van der Waals surface area (Å²) >= 11 is 0. The molecule has 114 valence electrons. The van der Waals surface area contributed by atoms with E-state index < -0.39 is 0 Å². The zero-order valence-electron chi connectivity index (χ0n) is 12.5. The highest BCUT2D eigenvalue weighted by Crippen LogP contribution is 2.27. The van der Waals surface area contributed by atoms with Crippen LogP contribution in [0.1, 0.15) is 17.7 Å². The first-order chi connectivity index (χ1) is 10.6. The molecule has 0 saturated carbocycles. The van der Waals surface area contributed by atoms with Gasteiger partial charge in [0.1, 0.15) is 0 Å². The molecule has 3 heterocycles. The van der Waals surface area contributed by atoms with Crippen molar-refractivity contribution >= 4 is 11.6 Å². The van der Waals surface area contributed by atoms with E-state index in [4.69, 9.17) is 5.73 Å². The van der Waals surface area contributed by atoms with Crippen LogP contribution in [0.3, 0.4) is 0 Å². The zero-order valence-corrected chi connectivity index (χ0v) is 12.5. The molecule has 0 saturated heterocycles. The number of hydrogen-bond donors (Lipinski definition) is 1. The third-order valence-electron chi connectivity index (χ3n) is 3.95. The van der Waals surface area contributed by atoms with Crippen molar-refractivity contribution in [2.24, 2.45) is 5.73 Å². The van der Waals surface area contributed by atoms with E-state index in [1.807, 2.05) is 17.9 Å². The molecule has 3 rings (SSSR count). The first-order valence-electron chi connectivity index (χ1n) is 7.27. The number of primary amides is 1. The van der Waals surface area contributed by atoms with Gasteiger partial charge in [-0.05, 0) is 37.5 Å². The van der Waals surface area contributed by atoms with Crippen LogP contribution in [-0.4, -0.2) is 28.5 Å². The van der Waals surface area contributed by atoms with Crippen molar-refractivity contribution < 1.29 is 4.79 Å². The van der Waals surface area contributed by atoms with Crippen molar-refractivity contribution in [3.8, 4) is 5.69 Å². The highest BCUT2D eigenvalue weighted by molar-refractivity contribution is 5.80. The minimum absolute atomic E-state index is 0.0872. The van der Waals surface area contributed by atoms with Crippen molar-refractivity contribution in [3.63, 3.8) is 0 Å². The fourth-order valence-corrected chi connectivity index (χ4v) is 2.96. The van der Waals surface area contributed by atoms with Crippen molar-refractivity contribution in [2.75, 3.05) is 18.0 Å². The number of anilines is 1. The number of nitrogens with two attached hydrogens (primary N) is 1. The standard InChI is InChI=1S/C16H18N4O2/c1-11-6-7-18-9-14(11)20-13-3-2-8-19(10-15(17)21)12(13)4-5-16(20)22/h4-7,9H,2-3,8,10H2,1H3,(H2,17,21). The lowest BCUT2D eigenvalue weighted by molar-refractivity contribution is -0.116. The number of aromatic nitrogens is 2. The molecule has 0 aromatic carbocycles. The summed E-state index contributed by atoms with van der Waals surface area (Å²) in [6.45, 7) is 2.88. The number of carbonyl (C=O) groups excluding carboxylic acids is 1. The van der Waals surface area contributed by atoms with Gasteiger partial charge in [0.15, 0.2) is 0 Å². The van der Waals surface area contributed by atoms with Crippen molar-refractivity contribution in [2.45, 2.75) is 19.8 Å². The van der Waals surface area contributed by atoms with Crippen LogP contribution in [-0.2, 0) is 11.2 Å². The zero-order chi connectivity index (χ0) is 15.7. The van der Waals surface area contributed by atoms with Gasteiger partial charge in [-0.3, -0.25) is 19.1 Å². The number of amides is 1. The molecule has 1 amide bonds. The molecule has 2 N–H and O–H groups in total. The average Bonchev–Trinajstić information content (AvgIpc) is 2.48. The minimum atomic E-state index is -0.372. The lowest BCUT2D eigenvalue weighted by Gasteiger charge is -2.32. The smallest absolute Gasteiger partial charge is 0.255 e. The molecule has 1 aliphatic rings. The van der Waals surface area contributed by atoms with Crippen molar-refractivity contribution in [1.29, 1.82) is 0 Å². The largest absolute Gasteiger partial charge is 0.368 e. The van der Waals surface area contributed by atoms with Gasteiger partial charge in [-0.2, -0.15) is 0 Å². The molecule has 0 unspecified atom stereocenters. The summed E-state index contributed by atoms with van der Waals surface area (Å²) in [4.78, 5) is 29.7. The number of carbonyl (C=O) groups is 1. The van der Waals surface area contributed by atoms with Gasteiger partial charge in [0, 0.05) is 24.5 Å². The summed E-state index contributed by atoms with van der Waals surface area (Å²) in [5, 5.41) is 0. The molecule has 0 radical (unpaired) electrons. The Balaban J connectivity index is 2.19. The topological polar surface area (TPSA) is 81.2 Å². The van der Waals surface area contributed by atoms with Crippen molar-refractivity contribution in [1.82, 2.24) is 9.55 Å². The van der Waals surface area contributed by atoms with Gasteiger partial charge in [-0.25, -0.2) is 0 Å². The maximum atomic E-state index is 12.4. The van der Waals surface area contributed by atoms with Gasteiger partial charge < -0.3 is 10.6 Å². The predicted octanol–water partition coefficient (Wildman–Crippen LogP) is 0.779. The number of pyridine rings is 2. The molecule has 0 spiro atoms. The molecule has 2 aromatic heterocycles. The van der Waals surface area contributed by atoms with E-state index in [2.05, 4.69) is 4.98 Å². The highest BCUT2D eigenvalue weighted by atomic mass is 16.1. The monoisotopic (exact) mass is 298 g/mol. The molecule has 6 nitrogen and oxygen atoms in total. The molecule has 2 aromatic rings. The average molecular weight is 298 g/mol. The predicted molar refractivity (Wildman–Crippen MR) is 84.3 cm³/mol. The Morgan fingerprint density at radius 3 is 2.86 bits per heavy atom. The molecule has 1 aliphatic heterocycles. The highest BCUT2D eigenvalue weighted by Gasteiger charge is 2.22. The summed E-state index contributed by atoms with van der Waals surface area (Å²) in [5.41, 5.74) is 8.81. The summed E-state index contributed by atoms with van der Waals surface area (Å²) in [6, 6.07) is 5.19. The second-order valence-corrected chi connectivity index (χ2v) is 5.49. The van der Waals surface area contributed by atoms with E-state index in [1.165, 1.54) is 6.07 Å². The number of aryl methyl sites for hydroxylation is 1. The Morgan fingerprint density at radius 1 is 1.32 bits per heavy atom. The van der Waals surface area contributed by atoms with E-state index in [9.17, 15) is 9.59 Å². The molecule has 0 fully saturated rings. The fourth-order valence-electron chi connectivity index (χ4n) is 2.96. The van der Waals surface area contributed by atoms with Crippen LogP contribution in [0.4, 0.5) is 5.69 Å². The number of rotatable bonds is 3. The Labute approximate surface area is 128 Å². The first-order valence-corrected chi connectivity index (χ1v) is 7.27. The van der Waals surface area contributed by atoms with Gasteiger partial charge >= 0.3 is 0 Å². The third kappa shape index (κ3) is 2.47. The Bertz CT molecular complexity index is 782.